The maximum absolute atomic E-state index is 12.6. The number of likely N-dealkylation sites (tertiary alicyclic amines) is 1. The molecule has 0 saturated carbocycles. The molecular formula is C21H29N5O2S. The molecule has 1 aliphatic rings. The van der Waals surface area contributed by atoms with Crippen LogP contribution in [0.2, 0.25) is 0 Å². The largest absolute Gasteiger partial charge is 0.337 e. The van der Waals surface area contributed by atoms with E-state index in [1.165, 1.54) is 0 Å². The van der Waals surface area contributed by atoms with E-state index in [1.807, 2.05) is 18.2 Å². The minimum absolute atomic E-state index is 0.0185. The van der Waals surface area contributed by atoms with E-state index in [1.54, 1.807) is 22.7 Å². The molecule has 0 aliphatic carbocycles. The van der Waals surface area contributed by atoms with Crippen LogP contribution in [0.5, 0.6) is 0 Å². The molecular weight excluding hydrogens is 386 g/mol. The Bertz CT molecular complexity index is 876. The maximum Gasteiger partial charge on any atom is 0.329 e. The summed E-state index contributed by atoms with van der Waals surface area (Å²) in [6.07, 6.45) is 1.04. The van der Waals surface area contributed by atoms with Gasteiger partial charge in [0.15, 0.2) is 0 Å². The van der Waals surface area contributed by atoms with E-state index < -0.39 is 0 Å². The van der Waals surface area contributed by atoms with Crippen molar-refractivity contribution in [2.75, 3.05) is 18.4 Å². The summed E-state index contributed by atoms with van der Waals surface area (Å²) in [5, 5.41) is 7.92. The molecule has 7 nitrogen and oxygen atoms in total. The zero-order valence-electron chi connectivity index (χ0n) is 17.7. The van der Waals surface area contributed by atoms with Gasteiger partial charge in [-0.15, -0.1) is 0 Å². The van der Waals surface area contributed by atoms with Crippen LogP contribution in [0.15, 0.2) is 29.3 Å². The summed E-state index contributed by atoms with van der Waals surface area (Å²) in [5.41, 5.74) is 3.61. The number of para-hydroxylation sites is 1. The predicted molar refractivity (Wildman–Crippen MR) is 116 cm³/mol. The topological polar surface area (TPSA) is 79.3 Å². The molecule has 29 heavy (non-hydrogen) atoms. The summed E-state index contributed by atoms with van der Waals surface area (Å²) in [4.78, 5) is 26.8. The number of aryl methyl sites for hydroxylation is 1. The highest BCUT2D eigenvalue weighted by Gasteiger charge is 2.25. The molecule has 2 aromatic rings. The number of benzene rings is 1. The third kappa shape index (κ3) is 4.75. The molecule has 8 heteroatoms. The van der Waals surface area contributed by atoms with Gasteiger partial charge in [0.1, 0.15) is 10.7 Å². The average molecular weight is 416 g/mol. The van der Waals surface area contributed by atoms with Crippen LogP contribution in [-0.2, 0) is 7.05 Å². The number of nitrogens with zero attached hydrogens (tertiary/aromatic N) is 3. The molecule has 0 bridgehead atoms. The minimum atomic E-state index is -0.314. The number of hydrogen-bond donors (Lipinski definition) is 2. The van der Waals surface area contributed by atoms with Crippen molar-refractivity contribution in [2.45, 2.75) is 51.0 Å². The van der Waals surface area contributed by atoms with Crippen molar-refractivity contribution >= 4 is 29.6 Å². The fraction of sp³-hybridized carbons (Fsp3) is 0.476. The molecule has 0 unspecified atom stereocenters. The van der Waals surface area contributed by atoms with Gasteiger partial charge < -0.3 is 10.2 Å². The van der Waals surface area contributed by atoms with Gasteiger partial charge in [-0.3, -0.25) is 14.2 Å². The van der Waals surface area contributed by atoms with E-state index >= 15 is 0 Å². The Hall–Kier alpha value is -2.48. The van der Waals surface area contributed by atoms with Crippen LogP contribution in [0, 0.1) is 0 Å². The lowest BCUT2D eigenvalue weighted by atomic mass is 9.93. The SMILES string of the molecule is CC(C)c1cccc(C(C)C)c1NC(=O)NSc1cc(C(=O)N2CCC2)n(C)n1. The number of amides is 3. The molecule has 1 saturated heterocycles. The summed E-state index contributed by atoms with van der Waals surface area (Å²) in [5.74, 6) is 0.569. The fourth-order valence-electron chi connectivity index (χ4n) is 3.31. The van der Waals surface area contributed by atoms with Gasteiger partial charge in [-0.1, -0.05) is 45.9 Å². The monoisotopic (exact) mass is 415 g/mol. The third-order valence-electron chi connectivity index (χ3n) is 5.08. The smallest absolute Gasteiger partial charge is 0.329 e. The van der Waals surface area contributed by atoms with Gasteiger partial charge in [0.05, 0.1) is 0 Å². The first-order valence-corrected chi connectivity index (χ1v) is 10.8. The Morgan fingerprint density at radius 3 is 2.24 bits per heavy atom. The zero-order chi connectivity index (χ0) is 21.1. The van der Waals surface area contributed by atoms with Crippen LogP contribution < -0.4 is 10.0 Å². The van der Waals surface area contributed by atoms with E-state index in [9.17, 15) is 9.59 Å². The van der Waals surface area contributed by atoms with Crippen LogP contribution in [0.3, 0.4) is 0 Å². The third-order valence-corrected chi connectivity index (χ3v) is 5.78. The van der Waals surface area contributed by atoms with Gasteiger partial charge >= 0.3 is 6.03 Å². The fourth-order valence-corrected chi connectivity index (χ4v) is 3.89. The summed E-state index contributed by atoms with van der Waals surface area (Å²) < 4.78 is 4.35. The van der Waals surface area contributed by atoms with Crippen LogP contribution in [0.25, 0.3) is 0 Å². The molecule has 3 rings (SSSR count). The van der Waals surface area contributed by atoms with E-state index in [4.69, 9.17) is 0 Å². The number of rotatable bonds is 6. The molecule has 3 amide bonds. The Kier molecular flexibility index (Phi) is 6.52. The van der Waals surface area contributed by atoms with Gasteiger partial charge in [-0.25, -0.2) is 4.79 Å². The van der Waals surface area contributed by atoms with E-state index in [-0.39, 0.29) is 11.9 Å². The lowest BCUT2D eigenvalue weighted by Gasteiger charge is -2.30. The van der Waals surface area contributed by atoms with E-state index in [2.05, 4.69) is 42.8 Å². The van der Waals surface area contributed by atoms with Crippen molar-refractivity contribution in [1.29, 1.82) is 0 Å². The van der Waals surface area contributed by atoms with Gasteiger partial charge in [-0.05, 0) is 29.4 Å². The number of hydrogen-bond acceptors (Lipinski definition) is 4. The molecule has 0 spiro atoms. The second kappa shape index (κ2) is 8.90. The standard InChI is InChI=1S/C21H29N5O2S/c1-13(2)15-8-6-9-16(14(3)4)19(15)22-21(28)24-29-18-12-17(25(5)23-18)20(27)26-10-7-11-26/h6,8-9,12-14H,7,10-11H2,1-5H3,(H2,22,24,28). The van der Waals surface area contributed by atoms with Crippen molar-refractivity contribution in [3.8, 4) is 0 Å². The molecule has 1 fully saturated rings. The molecule has 2 N–H and O–H groups in total. The number of urea groups is 1. The second-order valence-electron chi connectivity index (χ2n) is 7.92. The Labute approximate surface area is 176 Å². The highest BCUT2D eigenvalue weighted by atomic mass is 32.2. The lowest BCUT2D eigenvalue weighted by molar-refractivity contribution is 0.0640. The molecule has 0 radical (unpaired) electrons. The van der Waals surface area contributed by atoms with Gasteiger partial charge in [0, 0.05) is 43.8 Å². The van der Waals surface area contributed by atoms with Crippen molar-refractivity contribution in [3.05, 3.63) is 41.1 Å². The van der Waals surface area contributed by atoms with Crippen LogP contribution >= 0.6 is 11.9 Å². The van der Waals surface area contributed by atoms with Gasteiger partial charge in [0.2, 0.25) is 0 Å². The van der Waals surface area contributed by atoms with E-state index in [0.29, 0.717) is 22.6 Å². The predicted octanol–water partition coefficient (Wildman–Crippen LogP) is 4.34. The van der Waals surface area contributed by atoms with Crippen molar-refractivity contribution < 1.29 is 9.59 Å². The van der Waals surface area contributed by atoms with Gasteiger partial charge in [0.25, 0.3) is 5.91 Å². The molecule has 0 atom stereocenters. The summed E-state index contributed by atoms with van der Waals surface area (Å²) in [6, 6.07) is 7.53. The maximum atomic E-state index is 12.6. The van der Waals surface area contributed by atoms with Crippen LogP contribution in [0.4, 0.5) is 10.5 Å². The van der Waals surface area contributed by atoms with Gasteiger partial charge in [-0.2, -0.15) is 5.10 Å². The van der Waals surface area contributed by atoms with E-state index in [0.717, 1.165) is 48.3 Å². The quantitative estimate of drug-likeness (QED) is 0.688. The summed E-state index contributed by atoms with van der Waals surface area (Å²) in [7, 11) is 1.74. The molecule has 1 aromatic carbocycles. The molecule has 156 valence electrons. The first kappa shape index (κ1) is 21.2. The summed E-state index contributed by atoms with van der Waals surface area (Å²) >= 11 is 1.10. The molecule has 2 heterocycles. The van der Waals surface area contributed by atoms with Crippen molar-refractivity contribution in [3.63, 3.8) is 0 Å². The van der Waals surface area contributed by atoms with Crippen molar-refractivity contribution in [1.82, 2.24) is 19.4 Å². The normalized spacial score (nSPS) is 13.6. The molecule has 1 aromatic heterocycles. The minimum Gasteiger partial charge on any atom is -0.337 e. The number of carbonyl (C=O) groups is 2. The first-order chi connectivity index (χ1) is 13.8. The van der Waals surface area contributed by atoms with Crippen molar-refractivity contribution in [2.24, 2.45) is 7.05 Å². The van der Waals surface area contributed by atoms with Crippen LogP contribution in [0.1, 0.15) is 67.6 Å². The summed E-state index contributed by atoms with van der Waals surface area (Å²) in [6.45, 7) is 10.0. The number of aromatic nitrogens is 2. The Morgan fingerprint density at radius 2 is 1.72 bits per heavy atom. The first-order valence-electron chi connectivity index (χ1n) is 9.98. The number of carbonyl (C=O) groups excluding carboxylic acids is 2. The number of anilines is 1. The highest BCUT2D eigenvalue weighted by Crippen LogP contribution is 2.32. The zero-order valence-corrected chi connectivity index (χ0v) is 18.5. The average Bonchev–Trinajstić information content (AvgIpc) is 2.99. The molecule has 1 aliphatic heterocycles. The van der Waals surface area contributed by atoms with Crippen LogP contribution in [-0.4, -0.2) is 39.7 Å². The number of nitrogens with one attached hydrogen (secondary N) is 2. The Morgan fingerprint density at radius 1 is 1.10 bits per heavy atom. The lowest BCUT2D eigenvalue weighted by Crippen LogP contribution is -2.42. The Balaban J connectivity index is 1.67. The second-order valence-corrected chi connectivity index (χ2v) is 8.74. The highest BCUT2D eigenvalue weighted by molar-refractivity contribution is 7.97.